The van der Waals surface area contributed by atoms with Crippen LogP contribution in [0, 0.1) is 0 Å². The zero-order valence-electron chi connectivity index (χ0n) is 20.9. The molecule has 4 heterocycles. The second-order valence-electron chi connectivity index (χ2n) is 8.46. The van der Waals surface area contributed by atoms with E-state index < -0.39 is 26.9 Å². The summed E-state index contributed by atoms with van der Waals surface area (Å²) in [6.07, 6.45) is 9.46. The SMILES string of the molecule is COC1=C(n2c(NS(=O)(=O)[C@@H](C)[C@H](C)c3ncc(Cl)cn3)nnc2-c2cccnc2)C(C)(OC)NC=C1. The van der Waals surface area contributed by atoms with Crippen molar-refractivity contribution in [3.63, 3.8) is 0 Å². The molecule has 0 saturated heterocycles. The van der Waals surface area contributed by atoms with E-state index in [1.54, 1.807) is 62.1 Å². The van der Waals surface area contributed by atoms with Gasteiger partial charge in [0, 0.05) is 49.6 Å². The van der Waals surface area contributed by atoms with Crippen LogP contribution in [0.5, 0.6) is 0 Å². The Hall–Kier alpha value is -3.55. The summed E-state index contributed by atoms with van der Waals surface area (Å²) < 4.78 is 42.7. The fourth-order valence-corrected chi connectivity index (χ4v) is 5.13. The van der Waals surface area contributed by atoms with Crippen molar-refractivity contribution < 1.29 is 17.9 Å². The molecule has 1 unspecified atom stereocenters. The number of aromatic nitrogens is 6. The number of hydrogen-bond acceptors (Lipinski definition) is 10. The van der Waals surface area contributed by atoms with E-state index in [0.29, 0.717) is 33.7 Å². The molecule has 3 aromatic heterocycles. The van der Waals surface area contributed by atoms with Crippen LogP contribution in [0.2, 0.25) is 5.02 Å². The molecule has 3 aromatic rings. The van der Waals surface area contributed by atoms with Gasteiger partial charge in [-0.25, -0.2) is 18.4 Å². The zero-order valence-corrected chi connectivity index (χ0v) is 22.4. The number of nitrogens with zero attached hydrogens (tertiary/aromatic N) is 6. The van der Waals surface area contributed by atoms with Gasteiger partial charge in [0.25, 0.3) is 0 Å². The van der Waals surface area contributed by atoms with Gasteiger partial charge < -0.3 is 14.8 Å². The van der Waals surface area contributed by atoms with Crippen LogP contribution in [0.1, 0.15) is 32.5 Å². The van der Waals surface area contributed by atoms with E-state index in [1.807, 2.05) is 0 Å². The first kappa shape index (κ1) is 26.5. The Morgan fingerprint density at radius 2 is 1.89 bits per heavy atom. The Labute approximate surface area is 219 Å². The Bertz CT molecular complexity index is 1430. The third-order valence-electron chi connectivity index (χ3n) is 6.19. The van der Waals surface area contributed by atoms with Gasteiger partial charge in [-0.3, -0.25) is 14.3 Å². The summed E-state index contributed by atoms with van der Waals surface area (Å²) in [6, 6.07) is 3.53. The lowest BCUT2D eigenvalue weighted by Crippen LogP contribution is -2.46. The topological polar surface area (TPSA) is 146 Å². The fourth-order valence-electron chi connectivity index (χ4n) is 3.80. The van der Waals surface area contributed by atoms with E-state index >= 15 is 0 Å². The molecule has 3 atom stereocenters. The van der Waals surface area contributed by atoms with Gasteiger partial charge in [-0.2, -0.15) is 0 Å². The minimum atomic E-state index is -4.01. The van der Waals surface area contributed by atoms with Crippen molar-refractivity contribution in [3.05, 3.63) is 65.8 Å². The number of nitrogens with one attached hydrogen (secondary N) is 2. The number of ether oxygens (including phenoxy) is 2. The molecule has 0 bridgehead atoms. The summed E-state index contributed by atoms with van der Waals surface area (Å²) in [7, 11) is -0.984. The molecular formula is C23H27ClN8O4S. The number of methoxy groups -OCH3 is 2. The van der Waals surface area contributed by atoms with E-state index in [0.717, 1.165) is 0 Å². The highest BCUT2D eigenvalue weighted by Gasteiger charge is 2.39. The Morgan fingerprint density at radius 3 is 2.51 bits per heavy atom. The highest BCUT2D eigenvalue weighted by Crippen LogP contribution is 2.36. The molecule has 0 spiro atoms. The second-order valence-corrected chi connectivity index (χ2v) is 10.9. The van der Waals surface area contributed by atoms with Crippen LogP contribution in [0.25, 0.3) is 17.1 Å². The lowest BCUT2D eigenvalue weighted by Gasteiger charge is -2.36. The van der Waals surface area contributed by atoms with Crippen molar-refractivity contribution in [1.29, 1.82) is 0 Å². The highest BCUT2D eigenvalue weighted by atomic mass is 35.5. The van der Waals surface area contributed by atoms with Gasteiger partial charge in [-0.15, -0.1) is 10.2 Å². The molecule has 0 amide bonds. The van der Waals surface area contributed by atoms with Gasteiger partial charge in [0.2, 0.25) is 16.0 Å². The van der Waals surface area contributed by atoms with E-state index in [9.17, 15) is 8.42 Å². The third-order valence-corrected chi connectivity index (χ3v) is 8.24. The maximum atomic E-state index is 13.6. The zero-order chi connectivity index (χ0) is 26.8. The predicted octanol–water partition coefficient (Wildman–Crippen LogP) is 3.01. The molecule has 1 aliphatic heterocycles. The number of dihydropyridines is 1. The first-order valence-electron chi connectivity index (χ1n) is 11.2. The number of anilines is 1. The largest absolute Gasteiger partial charge is 0.495 e. The maximum absolute atomic E-state index is 13.6. The first-order valence-corrected chi connectivity index (χ1v) is 13.2. The normalized spacial score (nSPS) is 19.3. The van der Waals surface area contributed by atoms with Crippen molar-refractivity contribution in [3.8, 4) is 11.4 Å². The van der Waals surface area contributed by atoms with E-state index in [2.05, 4.69) is 35.2 Å². The van der Waals surface area contributed by atoms with Gasteiger partial charge in [0.15, 0.2) is 11.5 Å². The molecule has 196 valence electrons. The van der Waals surface area contributed by atoms with Crippen LogP contribution in [0.15, 0.2) is 55.0 Å². The summed E-state index contributed by atoms with van der Waals surface area (Å²) >= 11 is 5.88. The number of pyridine rings is 1. The lowest BCUT2D eigenvalue weighted by atomic mass is 10.1. The summed E-state index contributed by atoms with van der Waals surface area (Å²) in [5, 5.41) is 11.1. The van der Waals surface area contributed by atoms with E-state index in [1.165, 1.54) is 26.6 Å². The average molecular weight is 547 g/mol. The van der Waals surface area contributed by atoms with Crippen molar-refractivity contribution in [2.45, 2.75) is 37.7 Å². The summed E-state index contributed by atoms with van der Waals surface area (Å²) in [6.45, 7) is 5.07. The molecule has 2 N–H and O–H groups in total. The van der Waals surface area contributed by atoms with E-state index in [-0.39, 0.29) is 5.95 Å². The van der Waals surface area contributed by atoms with Gasteiger partial charge >= 0.3 is 0 Å². The molecule has 12 nitrogen and oxygen atoms in total. The minimum absolute atomic E-state index is 0.0557. The standard InChI is InChI=1S/C23H27ClN8O4S/c1-14(20-26-12-17(24)13-27-20)15(2)37(33,34)31-22-30-29-21(16-7-6-9-25-11-16)32(22)19-18(35-4)8-10-28-23(19,3)36-5/h6-15,28H,1-5H3,(H,30,31)/t14-,15-,23?/m0/s1. The monoisotopic (exact) mass is 546 g/mol. The average Bonchev–Trinajstić information content (AvgIpc) is 3.30. The Balaban J connectivity index is 1.83. The Morgan fingerprint density at radius 1 is 1.16 bits per heavy atom. The molecule has 0 aromatic carbocycles. The van der Waals surface area contributed by atoms with Crippen LogP contribution >= 0.6 is 11.6 Å². The minimum Gasteiger partial charge on any atom is -0.495 e. The fraction of sp³-hybridized carbons (Fsp3) is 0.348. The number of allylic oxidation sites excluding steroid dienone is 1. The summed E-state index contributed by atoms with van der Waals surface area (Å²) in [4.78, 5) is 12.5. The molecule has 0 saturated carbocycles. The van der Waals surface area contributed by atoms with Crippen molar-refractivity contribution in [1.82, 2.24) is 35.0 Å². The quantitative estimate of drug-likeness (QED) is 0.410. The number of hydrogen-bond donors (Lipinski definition) is 2. The smallest absolute Gasteiger partial charge is 0.243 e. The van der Waals surface area contributed by atoms with Gasteiger partial charge in [-0.05, 0) is 32.1 Å². The second kappa shape index (κ2) is 10.4. The molecule has 37 heavy (non-hydrogen) atoms. The van der Waals surface area contributed by atoms with Crippen LogP contribution in [0.3, 0.4) is 0 Å². The number of sulfonamides is 1. The van der Waals surface area contributed by atoms with Crippen molar-refractivity contribution in [2.24, 2.45) is 0 Å². The number of rotatable bonds is 9. The molecule has 14 heteroatoms. The number of halogens is 1. The maximum Gasteiger partial charge on any atom is 0.243 e. The van der Waals surface area contributed by atoms with Crippen molar-refractivity contribution >= 4 is 33.3 Å². The summed E-state index contributed by atoms with van der Waals surface area (Å²) in [5.41, 5.74) is -0.0777. The Kier molecular flexibility index (Phi) is 7.48. The van der Waals surface area contributed by atoms with Crippen molar-refractivity contribution in [2.75, 3.05) is 18.9 Å². The first-order chi connectivity index (χ1) is 17.6. The third kappa shape index (κ3) is 5.15. The van der Waals surface area contributed by atoms with Gasteiger partial charge in [0.1, 0.15) is 17.3 Å². The van der Waals surface area contributed by atoms with Gasteiger partial charge in [0.05, 0.1) is 17.4 Å². The molecule has 4 rings (SSSR count). The molecule has 0 radical (unpaired) electrons. The van der Waals surface area contributed by atoms with E-state index in [4.69, 9.17) is 21.1 Å². The molecular weight excluding hydrogens is 520 g/mol. The molecule has 1 aliphatic rings. The molecule has 0 aliphatic carbocycles. The lowest BCUT2D eigenvalue weighted by molar-refractivity contribution is 0.0309. The molecule has 0 fully saturated rings. The van der Waals surface area contributed by atoms with Crippen LogP contribution in [0.4, 0.5) is 5.95 Å². The summed E-state index contributed by atoms with van der Waals surface area (Å²) in [5.74, 6) is 0.487. The van der Waals surface area contributed by atoms with Crippen LogP contribution < -0.4 is 10.0 Å². The highest BCUT2D eigenvalue weighted by molar-refractivity contribution is 7.93. The van der Waals surface area contributed by atoms with Crippen LogP contribution in [-0.4, -0.2) is 63.3 Å². The predicted molar refractivity (Wildman–Crippen MR) is 139 cm³/mol. The van der Waals surface area contributed by atoms with Gasteiger partial charge in [-0.1, -0.05) is 18.5 Å². The van der Waals surface area contributed by atoms with Crippen LogP contribution in [-0.2, 0) is 19.5 Å².